The van der Waals surface area contributed by atoms with E-state index >= 15 is 0 Å². The summed E-state index contributed by atoms with van der Waals surface area (Å²) in [5.74, 6) is 0.0166. The van der Waals surface area contributed by atoms with E-state index < -0.39 is 0 Å². The van der Waals surface area contributed by atoms with Gasteiger partial charge in [0.05, 0.1) is 11.7 Å². The van der Waals surface area contributed by atoms with Crippen molar-refractivity contribution >= 4 is 22.5 Å². The molecule has 1 amide bonds. The highest BCUT2D eigenvalue weighted by Crippen LogP contribution is 2.20. The molecule has 0 radical (unpaired) electrons. The van der Waals surface area contributed by atoms with Crippen molar-refractivity contribution in [2.24, 2.45) is 0 Å². The number of hydrogen-bond donors (Lipinski definition) is 2. The number of pyridine rings is 1. The molecule has 0 aliphatic rings. The van der Waals surface area contributed by atoms with E-state index in [2.05, 4.69) is 10.3 Å². The molecule has 0 bridgehead atoms. The van der Waals surface area contributed by atoms with Gasteiger partial charge >= 0.3 is 0 Å². The Morgan fingerprint density at radius 2 is 2.20 bits per heavy atom. The fourth-order valence-corrected chi connectivity index (χ4v) is 1.39. The third-order valence-corrected chi connectivity index (χ3v) is 1.99. The predicted octanol–water partition coefficient (Wildman–Crippen LogP) is 1.90. The molecule has 0 saturated heterocycles. The molecular formula is C11H10N2O2. The van der Waals surface area contributed by atoms with Crippen LogP contribution in [0.4, 0.5) is 5.69 Å². The fourth-order valence-electron chi connectivity index (χ4n) is 1.39. The van der Waals surface area contributed by atoms with Crippen LogP contribution in [0.2, 0.25) is 0 Å². The van der Waals surface area contributed by atoms with Crippen LogP contribution < -0.4 is 5.32 Å². The van der Waals surface area contributed by atoms with Gasteiger partial charge in [-0.05, 0) is 18.2 Å². The van der Waals surface area contributed by atoms with E-state index in [0.29, 0.717) is 5.69 Å². The summed E-state index contributed by atoms with van der Waals surface area (Å²) < 4.78 is 0. The van der Waals surface area contributed by atoms with Crippen LogP contribution in [0.1, 0.15) is 6.92 Å². The standard InChI is InChI=1S/C11H10N2O2/c1-7(14)13-9-3-2-8-4-10(15)6-12-11(8)5-9/h2-6,15H,1H3,(H,13,14). The lowest BCUT2D eigenvalue weighted by molar-refractivity contribution is -0.114. The topological polar surface area (TPSA) is 62.2 Å². The van der Waals surface area contributed by atoms with E-state index in [9.17, 15) is 9.90 Å². The Balaban J connectivity index is 2.47. The normalized spacial score (nSPS) is 10.2. The molecule has 0 atom stereocenters. The minimum absolute atomic E-state index is 0.117. The second kappa shape index (κ2) is 3.57. The zero-order chi connectivity index (χ0) is 10.8. The third-order valence-electron chi connectivity index (χ3n) is 1.99. The fraction of sp³-hybridized carbons (Fsp3) is 0.0909. The van der Waals surface area contributed by atoms with Gasteiger partial charge in [-0.2, -0.15) is 0 Å². The number of fused-ring (bicyclic) bond motifs is 1. The molecule has 2 rings (SSSR count). The molecule has 15 heavy (non-hydrogen) atoms. The van der Waals surface area contributed by atoms with Crippen LogP contribution in [0.5, 0.6) is 5.75 Å². The molecular weight excluding hydrogens is 192 g/mol. The van der Waals surface area contributed by atoms with Gasteiger partial charge in [0.2, 0.25) is 5.91 Å². The maximum absolute atomic E-state index is 10.8. The number of aromatic hydroxyl groups is 1. The first-order valence-corrected chi connectivity index (χ1v) is 4.51. The summed E-state index contributed by atoms with van der Waals surface area (Å²) in [7, 11) is 0. The summed E-state index contributed by atoms with van der Waals surface area (Å²) in [6.45, 7) is 1.45. The van der Waals surface area contributed by atoms with E-state index in [1.54, 1.807) is 24.3 Å². The molecule has 0 saturated carbocycles. The van der Waals surface area contributed by atoms with Crippen molar-refractivity contribution in [3.8, 4) is 5.75 Å². The minimum Gasteiger partial charge on any atom is -0.506 e. The Labute approximate surface area is 86.6 Å². The molecule has 0 aliphatic heterocycles. The van der Waals surface area contributed by atoms with E-state index in [4.69, 9.17) is 0 Å². The summed E-state index contributed by atoms with van der Waals surface area (Å²) in [5, 5.41) is 12.7. The number of rotatable bonds is 1. The molecule has 0 aliphatic carbocycles. The van der Waals surface area contributed by atoms with Crippen LogP contribution in [-0.4, -0.2) is 16.0 Å². The monoisotopic (exact) mass is 202 g/mol. The molecule has 1 aromatic heterocycles. The van der Waals surface area contributed by atoms with Gasteiger partial charge in [0, 0.05) is 18.0 Å². The molecule has 4 nitrogen and oxygen atoms in total. The molecule has 1 heterocycles. The Hall–Kier alpha value is -2.10. The van der Waals surface area contributed by atoms with Gasteiger partial charge < -0.3 is 10.4 Å². The number of hydrogen-bond acceptors (Lipinski definition) is 3. The molecule has 2 N–H and O–H groups in total. The van der Waals surface area contributed by atoms with E-state index in [1.165, 1.54) is 13.1 Å². The Bertz CT molecular complexity index is 523. The summed E-state index contributed by atoms with van der Waals surface area (Å²) in [6.07, 6.45) is 1.37. The minimum atomic E-state index is -0.117. The zero-order valence-corrected chi connectivity index (χ0v) is 8.19. The first-order valence-electron chi connectivity index (χ1n) is 4.51. The zero-order valence-electron chi connectivity index (χ0n) is 8.19. The summed E-state index contributed by atoms with van der Waals surface area (Å²) in [6, 6.07) is 6.95. The van der Waals surface area contributed by atoms with Gasteiger partial charge in [-0.3, -0.25) is 9.78 Å². The lowest BCUT2D eigenvalue weighted by Crippen LogP contribution is -2.05. The largest absolute Gasteiger partial charge is 0.506 e. The van der Waals surface area contributed by atoms with Gasteiger partial charge in [0.25, 0.3) is 0 Å². The summed E-state index contributed by atoms with van der Waals surface area (Å²) in [4.78, 5) is 14.9. The van der Waals surface area contributed by atoms with Crippen molar-refractivity contribution in [2.75, 3.05) is 5.32 Å². The maximum atomic E-state index is 10.8. The molecule has 0 spiro atoms. The van der Waals surface area contributed by atoms with Crippen LogP contribution in [0, 0.1) is 0 Å². The summed E-state index contributed by atoms with van der Waals surface area (Å²) >= 11 is 0. The molecule has 76 valence electrons. The maximum Gasteiger partial charge on any atom is 0.221 e. The molecule has 2 aromatic rings. The van der Waals surface area contributed by atoms with Crippen LogP contribution in [0.3, 0.4) is 0 Å². The number of anilines is 1. The highest BCUT2D eigenvalue weighted by atomic mass is 16.3. The smallest absolute Gasteiger partial charge is 0.221 e. The van der Waals surface area contributed by atoms with Crippen molar-refractivity contribution in [3.05, 3.63) is 30.5 Å². The second-order valence-corrected chi connectivity index (χ2v) is 3.28. The SMILES string of the molecule is CC(=O)Nc1ccc2cc(O)cnc2c1. The van der Waals surface area contributed by atoms with Gasteiger partial charge in [-0.1, -0.05) is 6.07 Å². The highest BCUT2D eigenvalue weighted by Gasteiger charge is 1.99. The van der Waals surface area contributed by atoms with Crippen LogP contribution in [-0.2, 0) is 4.79 Å². The Morgan fingerprint density at radius 1 is 1.40 bits per heavy atom. The first-order chi connectivity index (χ1) is 7.15. The lowest BCUT2D eigenvalue weighted by Gasteiger charge is -2.03. The van der Waals surface area contributed by atoms with Gasteiger partial charge in [0.15, 0.2) is 0 Å². The molecule has 0 unspecified atom stereocenters. The molecule has 4 heteroatoms. The van der Waals surface area contributed by atoms with E-state index in [0.717, 1.165) is 10.9 Å². The van der Waals surface area contributed by atoms with Gasteiger partial charge in [0.1, 0.15) is 5.75 Å². The van der Waals surface area contributed by atoms with Crippen LogP contribution in [0.25, 0.3) is 10.9 Å². The molecule has 1 aromatic carbocycles. The Morgan fingerprint density at radius 3 is 2.93 bits per heavy atom. The predicted molar refractivity (Wildman–Crippen MR) is 57.7 cm³/mol. The molecule has 0 fully saturated rings. The van der Waals surface area contributed by atoms with Crippen molar-refractivity contribution in [1.82, 2.24) is 4.98 Å². The van der Waals surface area contributed by atoms with Crippen LogP contribution >= 0.6 is 0 Å². The van der Waals surface area contributed by atoms with Crippen molar-refractivity contribution in [2.45, 2.75) is 6.92 Å². The van der Waals surface area contributed by atoms with Gasteiger partial charge in [-0.15, -0.1) is 0 Å². The number of carbonyl (C=O) groups is 1. The second-order valence-electron chi connectivity index (χ2n) is 3.28. The van der Waals surface area contributed by atoms with Crippen molar-refractivity contribution < 1.29 is 9.90 Å². The Kier molecular flexibility index (Phi) is 2.25. The quantitative estimate of drug-likeness (QED) is 0.742. The number of nitrogens with zero attached hydrogens (tertiary/aromatic N) is 1. The lowest BCUT2D eigenvalue weighted by atomic mass is 10.2. The average molecular weight is 202 g/mol. The number of nitrogens with one attached hydrogen (secondary N) is 1. The average Bonchev–Trinajstić information content (AvgIpc) is 2.17. The number of carbonyl (C=O) groups excluding carboxylic acids is 1. The van der Waals surface area contributed by atoms with E-state index in [-0.39, 0.29) is 11.7 Å². The number of amides is 1. The first kappa shape index (κ1) is 9.45. The number of benzene rings is 1. The summed E-state index contributed by atoms with van der Waals surface area (Å²) in [5.41, 5.74) is 1.44. The van der Waals surface area contributed by atoms with Crippen LogP contribution in [0.15, 0.2) is 30.5 Å². The number of aromatic nitrogens is 1. The third kappa shape index (κ3) is 2.04. The van der Waals surface area contributed by atoms with E-state index in [1.807, 2.05) is 0 Å². The van der Waals surface area contributed by atoms with Crippen molar-refractivity contribution in [1.29, 1.82) is 0 Å². The van der Waals surface area contributed by atoms with Gasteiger partial charge in [-0.25, -0.2) is 0 Å². The highest BCUT2D eigenvalue weighted by molar-refractivity contribution is 5.92. The van der Waals surface area contributed by atoms with Crippen molar-refractivity contribution in [3.63, 3.8) is 0 Å².